The quantitative estimate of drug-likeness (QED) is 0.909. The Morgan fingerprint density at radius 2 is 2.05 bits per heavy atom. The molecule has 2 aromatic rings. The van der Waals surface area contributed by atoms with Crippen LogP contribution in [-0.2, 0) is 0 Å². The molecule has 0 radical (unpaired) electrons. The fraction of sp³-hybridized carbons (Fsp3) is 0.538. The monoisotopic (exact) mass is 277 g/mol. The number of fused-ring (bicyclic) bond motifs is 1. The van der Waals surface area contributed by atoms with Crippen LogP contribution in [-0.4, -0.2) is 54.1 Å². The van der Waals surface area contributed by atoms with Gasteiger partial charge in [0.15, 0.2) is 0 Å². The first-order valence-corrected chi connectivity index (χ1v) is 7.62. The maximum atomic E-state index is 5.56. The summed E-state index contributed by atoms with van der Waals surface area (Å²) in [4.78, 5) is 14.7. The van der Waals surface area contributed by atoms with Crippen molar-refractivity contribution in [2.24, 2.45) is 5.73 Å². The van der Waals surface area contributed by atoms with E-state index in [4.69, 9.17) is 5.73 Å². The Bertz CT molecular complexity index is 533. The van der Waals surface area contributed by atoms with E-state index in [1.807, 2.05) is 0 Å². The van der Waals surface area contributed by atoms with Gasteiger partial charge in [-0.2, -0.15) is 0 Å². The Kier molecular flexibility index (Phi) is 3.91. The van der Waals surface area contributed by atoms with Crippen LogP contribution in [0.2, 0.25) is 0 Å². The van der Waals surface area contributed by atoms with Gasteiger partial charge >= 0.3 is 0 Å². The maximum absolute atomic E-state index is 5.56. The SMILES string of the molecule is NCCCN1CCN(c2ncnc3sccc23)CC1. The molecule has 0 atom stereocenters. The molecule has 2 aromatic heterocycles. The van der Waals surface area contributed by atoms with Crippen LogP contribution in [0.5, 0.6) is 0 Å². The highest BCUT2D eigenvalue weighted by Gasteiger charge is 2.19. The molecule has 0 aromatic carbocycles. The number of nitrogens with zero attached hydrogens (tertiary/aromatic N) is 4. The highest BCUT2D eigenvalue weighted by molar-refractivity contribution is 7.16. The van der Waals surface area contributed by atoms with E-state index in [1.165, 1.54) is 5.39 Å². The molecule has 2 N–H and O–H groups in total. The second kappa shape index (κ2) is 5.81. The van der Waals surface area contributed by atoms with Gasteiger partial charge in [-0.05, 0) is 31.0 Å². The molecule has 3 heterocycles. The Labute approximate surface area is 117 Å². The van der Waals surface area contributed by atoms with E-state index in [9.17, 15) is 0 Å². The van der Waals surface area contributed by atoms with Crippen molar-refractivity contribution in [3.05, 3.63) is 17.8 Å². The van der Waals surface area contributed by atoms with Crippen LogP contribution in [0.15, 0.2) is 17.8 Å². The number of piperazine rings is 1. The molecular weight excluding hydrogens is 258 g/mol. The van der Waals surface area contributed by atoms with E-state index in [0.29, 0.717) is 0 Å². The molecule has 0 bridgehead atoms. The van der Waals surface area contributed by atoms with Crippen LogP contribution in [0, 0.1) is 0 Å². The van der Waals surface area contributed by atoms with Gasteiger partial charge < -0.3 is 10.6 Å². The van der Waals surface area contributed by atoms with Crippen molar-refractivity contribution in [2.45, 2.75) is 6.42 Å². The number of nitrogens with two attached hydrogens (primary N) is 1. The van der Waals surface area contributed by atoms with Gasteiger partial charge in [-0.1, -0.05) is 0 Å². The number of aromatic nitrogens is 2. The van der Waals surface area contributed by atoms with E-state index in [2.05, 4.69) is 31.2 Å². The minimum Gasteiger partial charge on any atom is -0.353 e. The average Bonchev–Trinajstić information content (AvgIpc) is 2.94. The largest absolute Gasteiger partial charge is 0.353 e. The van der Waals surface area contributed by atoms with Crippen molar-refractivity contribution in [1.82, 2.24) is 14.9 Å². The third-order valence-corrected chi connectivity index (χ3v) is 4.41. The molecule has 1 aliphatic rings. The Balaban J connectivity index is 1.69. The molecule has 0 spiro atoms. The standard InChI is InChI=1S/C13H19N5S/c14-3-1-4-17-5-7-18(8-6-17)12-11-2-9-19-13(11)16-10-15-12/h2,9-10H,1,3-8,14H2. The second-order valence-corrected chi connectivity index (χ2v) is 5.70. The third-order valence-electron chi connectivity index (χ3n) is 3.59. The predicted octanol–water partition coefficient (Wildman–Crippen LogP) is 1.16. The minimum atomic E-state index is 0.779. The molecule has 0 unspecified atom stereocenters. The van der Waals surface area contributed by atoms with Gasteiger partial charge in [0.2, 0.25) is 0 Å². The maximum Gasteiger partial charge on any atom is 0.140 e. The van der Waals surface area contributed by atoms with Gasteiger partial charge in [-0.3, -0.25) is 4.90 Å². The van der Waals surface area contributed by atoms with Gasteiger partial charge in [0.1, 0.15) is 17.0 Å². The lowest BCUT2D eigenvalue weighted by Crippen LogP contribution is -2.47. The lowest BCUT2D eigenvalue weighted by atomic mass is 10.2. The smallest absolute Gasteiger partial charge is 0.140 e. The first kappa shape index (κ1) is 12.8. The molecule has 0 saturated carbocycles. The van der Waals surface area contributed by atoms with Crippen molar-refractivity contribution in [3.8, 4) is 0 Å². The summed E-state index contributed by atoms with van der Waals surface area (Å²) in [6.45, 7) is 6.15. The summed E-state index contributed by atoms with van der Waals surface area (Å²) >= 11 is 1.68. The van der Waals surface area contributed by atoms with Gasteiger partial charge in [0.25, 0.3) is 0 Å². The van der Waals surface area contributed by atoms with Crippen molar-refractivity contribution < 1.29 is 0 Å². The highest BCUT2D eigenvalue weighted by atomic mass is 32.1. The summed E-state index contributed by atoms with van der Waals surface area (Å²) in [5, 5.41) is 3.27. The predicted molar refractivity (Wildman–Crippen MR) is 79.7 cm³/mol. The van der Waals surface area contributed by atoms with Crippen LogP contribution in [0.25, 0.3) is 10.2 Å². The van der Waals surface area contributed by atoms with E-state index in [-0.39, 0.29) is 0 Å². The third kappa shape index (κ3) is 2.70. The zero-order valence-corrected chi connectivity index (χ0v) is 11.8. The fourth-order valence-electron chi connectivity index (χ4n) is 2.53. The van der Waals surface area contributed by atoms with Gasteiger partial charge in [-0.15, -0.1) is 11.3 Å². The van der Waals surface area contributed by atoms with Crippen molar-refractivity contribution in [1.29, 1.82) is 0 Å². The van der Waals surface area contributed by atoms with E-state index >= 15 is 0 Å². The number of hydrogen-bond acceptors (Lipinski definition) is 6. The van der Waals surface area contributed by atoms with E-state index in [1.54, 1.807) is 17.7 Å². The molecule has 0 aliphatic carbocycles. The molecule has 1 fully saturated rings. The molecule has 1 aliphatic heterocycles. The topological polar surface area (TPSA) is 58.3 Å². The van der Waals surface area contributed by atoms with Crippen molar-refractivity contribution in [2.75, 3.05) is 44.2 Å². The summed E-state index contributed by atoms with van der Waals surface area (Å²) in [7, 11) is 0. The molecule has 19 heavy (non-hydrogen) atoms. The molecule has 5 nitrogen and oxygen atoms in total. The summed E-state index contributed by atoms with van der Waals surface area (Å²) < 4.78 is 0. The van der Waals surface area contributed by atoms with Crippen LogP contribution in [0.4, 0.5) is 5.82 Å². The number of hydrogen-bond donors (Lipinski definition) is 1. The normalized spacial score (nSPS) is 17.2. The average molecular weight is 277 g/mol. The van der Waals surface area contributed by atoms with Crippen LogP contribution in [0.3, 0.4) is 0 Å². The van der Waals surface area contributed by atoms with Gasteiger partial charge in [-0.25, -0.2) is 9.97 Å². The number of anilines is 1. The number of rotatable bonds is 4. The van der Waals surface area contributed by atoms with Gasteiger partial charge in [0.05, 0.1) is 5.39 Å². The lowest BCUT2D eigenvalue weighted by molar-refractivity contribution is 0.256. The first-order chi connectivity index (χ1) is 9.38. The van der Waals surface area contributed by atoms with E-state index in [0.717, 1.165) is 56.3 Å². The molecule has 1 saturated heterocycles. The summed E-state index contributed by atoms with van der Waals surface area (Å²) in [6, 6.07) is 2.12. The second-order valence-electron chi connectivity index (χ2n) is 4.81. The Morgan fingerprint density at radius 3 is 2.84 bits per heavy atom. The van der Waals surface area contributed by atoms with Crippen LogP contribution >= 0.6 is 11.3 Å². The fourth-order valence-corrected chi connectivity index (χ4v) is 3.25. The number of thiophene rings is 1. The molecule has 6 heteroatoms. The summed E-state index contributed by atoms with van der Waals surface area (Å²) in [5.74, 6) is 1.09. The molecule has 102 valence electrons. The zero-order valence-electron chi connectivity index (χ0n) is 11.0. The van der Waals surface area contributed by atoms with Crippen LogP contribution < -0.4 is 10.6 Å². The van der Waals surface area contributed by atoms with Crippen LogP contribution in [0.1, 0.15) is 6.42 Å². The molecular formula is C13H19N5S. The van der Waals surface area contributed by atoms with E-state index < -0.39 is 0 Å². The minimum absolute atomic E-state index is 0.779. The lowest BCUT2D eigenvalue weighted by Gasteiger charge is -2.35. The highest BCUT2D eigenvalue weighted by Crippen LogP contribution is 2.27. The zero-order chi connectivity index (χ0) is 13.1. The summed E-state index contributed by atoms with van der Waals surface area (Å²) in [5.41, 5.74) is 5.56. The Morgan fingerprint density at radius 1 is 1.21 bits per heavy atom. The van der Waals surface area contributed by atoms with Crippen molar-refractivity contribution in [3.63, 3.8) is 0 Å². The van der Waals surface area contributed by atoms with Gasteiger partial charge in [0, 0.05) is 26.2 Å². The Hall–Kier alpha value is -1.24. The van der Waals surface area contributed by atoms with Crippen molar-refractivity contribution >= 4 is 27.4 Å². The molecule has 0 amide bonds. The molecule has 3 rings (SSSR count). The summed E-state index contributed by atoms with van der Waals surface area (Å²) in [6.07, 6.45) is 2.76. The first-order valence-electron chi connectivity index (χ1n) is 6.74.